The van der Waals surface area contributed by atoms with Crippen molar-refractivity contribution in [3.63, 3.8) is 0 Å². The van der Waals surface area contributed by atoms with Crippen molar-refractivity contribution in [2.45, 2.75) is 0 Å². The minimum atomic E-state index is -0.589. The summed E-state index contributed by atoms with van der Waals surface area (Å²) >= 11 is 0. The van der Waals surface area contributed by atoms with Crippen molar-refractivity contribution < 1.29 is 23.9 Å². The number of amides is 3. The minimum Gasteiger partial charge on any atom is -0.497 e. The highest BCUT2D eigenvalue weighted by molar-refractivity contribution is 6.21. The van der Waals surface area contributed by atoms with Gasteiger partial charge in [0.05, 0.1) is 25.5 Å². The van der Waals surface area contributed by atoms with Gasteiger partial charge in [0.1, 0.15) is 23.7 Å². The fourth-order valence-corrected chi connectivity index (χ4v) is 2.50. The number of carbonyl (C=O) groups excluding carboxylic acids is 3. The fraction of sp³-hybridized carbons (Fsp3) is 0.176. The molecule has 0 bridgehead atoms. The lowest BCUT2D eigenvalue weighted by molar-refractivity contribution is -0.116. The van der Waals surface area contributed by atoms with E-state index in [2.05, 4.69) is 10.3 Å². The van der Waals surface area contributed by atoms with Gasteiger partial charge >= 0.3 is 0 Å². The van der Waals surface area contributed by atoms with Gasteiger partial charge in [0.2, 0.25) is 5.91 Å². The van der Waals surface area contributed by atoms with Crippen molar-refractivity contribution in [2.75, 3.05) is 26.1 Å². The number of nitrogens with zero attached hydrogens (tertiary/aromatic N) is 2. The number of aromatic nitrogens is 1. The number of hydrogen-bond acceptors (Lipinski definition) is 6. The Bertz CT molecular complexity index is 830. The van der Waals surface area contributed by atoms with Crippen molar-refractivity contribution in [1.29, 1.82) is 0 Å². The quantitative estimate of drug-likeness (QED) is 0.824. The number of benzene rings is 1. The van der Waals surface area contributed by atoms with E-state index in [-0.39, 0.29) is 11.3 Å². The lowest BCUT2D eigenvalue weighted by Crippen LogP contribution is -2.37. The Hall–Kier alpha value is -3.42. The van der Waals surface area contributed by atoms with Gasteiger partial charge in [-0.3, -0.25) is 24.3 Å². The molecule has 0 saturated carbocycles. The zero-order valence-electron chi connectivity index (χ0n) is 13.6. The molecule has 2 heterocycles. The summed E-state index contributed by atoms with van der Waals surface area (Å²) < 4.78 is 10.3. The Kier molecular flexibility index (Phi) is 4.34. The van der Waals surface area contributed by atoms with Gasteiger partial charge in [-0.2, -0.15) is 0 Å². The van der Waals surface area contributed by atoms with E-state index in [1.54, 1.807) is 24.3 Å². The Morgan fingerprint density at radius 2 is 1.96 bits per heavy atom. The van der Waals surface area contributed by atoms with Crippen LogP contribution in [0.15, 0.2) is 36.5 Å². The predicted molar refractivity (Wildman–Crippen MR) is 87.8 cm³/mol. The molecule has 1 aliphatic heterocycles. The molecule has 1 aliphatic rings. The summed E-state index contributed by atoms with van der Waals surface area (Å²) in [6.07, 6.45) is 1.43. The summed E-state index contributed by atoms with van der Waals surface area (Å²) in [5.41, 5.74) is 0.625. The Morgan fingerprint density at radius 1 is 1.16 bits per heavy atom. The van der Waals surface area contributed by atoms with Crippen molar-refractivity contribution in [1.82, 2.24) is 9.88 Å². The number of carbonyl (C=O) groups is 3. The number of nitrogens with one attached hydrogen (secondary N) is 1. The molecule has 0 atom stereocenters. The number of ether oxygens (including phenoxy) is 2. The molecule has 0 fully saturated rings. The monoisotopic (exact) mass is 341 g/mol. The molecule has 3 amide bonds. The SMILES string of the molecule is COc1ccc(OC)c(NC(=O)CN2C(=O)c3cccnc3C2=O)c1. The molecule has 3 rings (SSSR count). The number of imide groups is 1. The maximum atomic E-state index is 12.3. The van der Waals surface area contributed by atoms with Crippen LogP contribution in [-0.2, 0) is 4.79 Å². The number of methoxy groups -OCH3 is 2. The Morgan fingerprint density at radius 3 is 2.64 bits per heavy atom. The molecular weight excluding hydrogens is 326 g/mol. The van der Waals surface area contributed by atoms with Crippen LogP contribution in [0.1, 0.15) is 20.8 Å². The second-order valence-corrected chi connectivity index (χ2v) is 5.21. The van der Waals surface area contributed by atoms with Gasteiger partial charge in [0.25, 0.3) is 11.8 Å². The number of anilines is 1. The molecule has 0 spiro atoms. The van der Waals surface area contributed by atoms with E-state index in [4.69, 9.17) is 9.47 Å². The van der Waals surface area contributed by atoms with Gasteiger partial charge in [-0.25, -0.2) is 0 Å². The first kappa shape index (κ1) is 16.4. The molecule has 1 aromatic carbocycles. The summed E-state index contributed by atoms with van der Waals surface area (Å²) in [7, 11) is 2.96. The fourth-order valence-electron chi connectivity index (χ4n) is 2.50. The summed E-state index contributed by atoms with van der Waals surface area (Å²) in [6, 6.07) is 7.98. The van der Waals surface area contributed by atoms with E-state index in [0.717, 1.165) is 4.90 Å². The van der Waals surface area contributed by atoms with Gasteiger partial charge in [-0.1, -0.05) is 0 Å². The van der Waals surface area contributed by atoms with Crippen LogP contribution in [0.4, 0.5) is 5.69 Å². The second kappa shape index (κ2) is 6.60. The minimum absolute atomic E-state index is 0.0549. The van der Waals surface area contributed by atoms with Crippen LogP contribution in [0.5, 0.6) is 11.5 Å². The highest BCUT2D eigenvalue weighted by Gasteiger charge is 2.37. The van der Waals surface area contributed by atoms with Crippen molar-refractivity contribution in [3.8, 4) is 11.5 Å². The van der Waals surface area contributed by atoms with E-state index in [1.165, 1.54) is 26.5 Å². The first-order valence-corrected chi connectivity index (χ1v) is 7.38. The maximum Gasteiger partial charge on any atom is 0.280 e. The molecule has 8 nitrogen and oxygen atoms in total. The lowest BCUT2D eigenvalue weighted by Gasteiger charge is -2.15. The van der Waals surface area contributed by atoms with E-state index in [0.29, 0.717) is 17.2 Å². The molecule has 1 N–H and O–H groups in total. The van der Waals surface area contributed by atoms with Crippen LogP contribution in [0.25, 0.3) is 0 Å². The van der Waals surface area contributed by atoms with Crippen molar-refractivity contribution in [2.24, 2.45) is 0 Å². The van der Waals surface area contributed by atoms with Crippen LogP contribution in [-0.4, -0.2) is 48.4 Å². The zero-order valence-corrected chi connectivity index (χ0v) is 13.6. The molecule has 0 saturated heterocycles. The van der Waals surface area contributed by atoms with E-state index >= 15 is 0 Å². The van der Waals surface area contributed by atoms with Gasteiger partial charge < -0.3 is 14.8 Å². The van der Waals surface area contributed by atoms with E-state index in [1.807, 2.05) is 0 Å². The highest BCUT2D eigenvalue weighted by Crippen LogP contribution is 2.29. The van der Waals surface area contributed by atoms with Crippen LogP contribution < -0.4 is 14.8 Å². The van der Waals surface area contributed by atoms with Crippen molar-refractivity contribution >= 4 is 23.4 Å². The molecule has 1 aromatic heterocycles. The number of pyridine rings is 1. The van der Waals surface area contributed by atoms with E-state index < -0.39 is 24.3 Å². The van der Waals surface area contributed by atoms with Crippen LogP contribution >= 0.6 is 0 Å². The zero-order chi connectivity index (χ0) is 18.0. The average Bonchev–Trinajstić information content (AvgIpc) is 2.87. The number of hydrogen-bond donors (Lipinski definition) is 1. The summed E-state index contributed by atoms with van der Waals surface area (Å²) in [5, 5.41) is 2.62. The van der Waals surface area contributed by atoms with Crippen molar-refractivity contribution in [3.05, 3.63) is 47.8 Å². The lowest BCUT2D eigenvalue weighted by atomic mass is 10.2. The summed E-state index contributed by atoms with van der Waals surface area (Å²) in [6.45, 7) is -0.422. The van der Waals surface area contributed by atoms with Crippen LogP contribution in [0, 0.1) is 0 Å². The van der Waals surface area contributed by atoms with Crippen LogP contribution in [0.2, 0.25) is 0 Å². The first-order valence-electron chi connectivity index (χ1n) is 7.38. The maximum absolute atomic E-state index is 12.3. The highest BCUT2D eigenvalue weighted by atomic mass is 16.5. The standard InChI is InChI=1S/C17H15N3O5/c1-24-10-5-6-13(25-2)12(8-10)19-14(21)9-20-16(22)11-4-3-7-18-15(11)17(20)23/h3-8H,9H2,1-2H3,(H,19,21). The predicted octanol–water partition coefficient (Wildman–Crippen LogP) is 1.33. The third kappa shape index (κ3) is 3.01. The molecule has 25 heavy (non-hydrogen) atoms. The molecular formula is C17H15N3O5. The van der Waals surface area contributed by atoms with Gasteiger partial charge in [-0.15, -0.1) is 0 Å². The molecule has 8 heteroatoms. The Labute approximate surface area is 143 Å². The summed E-state index contributed by atoms with van der Waals surface area (Å²) in [5.74, 6) is -0.713. The Balaban J connectivity index is 1.76. The second-order valence-electron chi connectivity index (χ2n) is 5.21. The summed E-state index contributed by atoms with van der Waals surface area (Å²) in [4.78, 5) is 41.6. The molecule has 2 aromatic rings. The third-order valence-electron chi connectivity index (χ3n) is 3.71. The van der Waals surface area contributed by atoms with E-state index in [9.17, 15) is 14.4 Å². The molecule has 0 radical (unpaired) electrons. The van der Waals surface area contributed by atoms with Crippen LogP contribution in [0.3, 0.4) is 0 Å². The van der Waals surface area contributed by atoms with Gasteiger partial charge in [0, 0.05) is 12.3 Å². The molecule has 0 aliphatic carbocycles. The van der Waals surface area contributed by atoms with Gasteiger partial charge in [-0.05, 0) is 24.3 Å². The number of rotatable bonds is 5. The van der Waals surface area contributed by atoms with Gasteiger partial charge in [0.15, 0.2) is 0 Å². The third-order valence-corrected chi connectivity index (χ3v) is 3.71. The smallest absolute Gasteiger partial charge is 0.280 e. The molecule has 128 valence electrons. The topological polar surface area (TPSA) is 97.8 Å². The molecule has 0 unspecified atom stereocenters. The average molecular weight is 341 g/mol. The largest absolute Gasteiger partial charge is 0.497 e. The number of fused-ring (bicyclic) bond motifs is 1. The first-order chi connectivity index (χ1) is 12.0. The normalized spacial score (nSPS) is 12.8.